The van der Waals surface area contributed by atoms with Gasteiger partial charge in [0, 0.05) is 25.2 Å². The van der Waals surface area contributed by atoms with E-state index < -0.39 is 0 Å². The zero-order chi connectivity index (χ0) is 12.0. The summed E-state index contributed by atoms with van der Waals surface area (Å²) >= 11 is 3.18. The molecule has 0 radical (unpaired) electrons. The topological polar surface area (TPSA) is 15.3 Å². The van der Waals surface area contributed by atoms with Crippen LogP contribution in [0, 0.1) is 5.82 Å². The predicted molar refractivity (Wildman–Crippen MR) is 69.0 cm³/mol. The number of benzene rings is 1. The minimum Gasteiger partial charge on any atom is -0.311 e. The van der Waals surface area contributed by atoms with Gasteiger partial charge < -0.3 is 10.2 Å². The fraction of sp³-hybridized carbons (Fsp3) is 0.500. The van der Waals surface area contributed by atoms with Gasteiger partial charge in [0.05, 0.1) is 4.47 Å². The second kappa shape index (κ2) is 6.99. The highest BCUT2D eigenvalue weighted by Crippen LogP contribution is 2.18. The Morgan fingerprint density at radius 1 is 1.44 bits per heavy atom. The maximum absolute atomic E-state index is 13.6. The van der Waals surface area contributed by atoms with E-state index in [0.29, 0.717) is 16.6 Å². The maximum Gasteiger partial charge on any atom is 0.141 e. The van der Waals surface area contributed by atoms with Gasteiger partial charge in [-0.1, -0.05) is 19.1 Å². The normalized spacial score (nSPS) is 11.1. The van der Waals surface area contributed by atoms with Gasteiger partial charge in [0.2, 0.25) is 0 Å². The maximum atomic E-state index is 13.6. The molecule has 0 unspecified atom stereocenters. The third kappa shape index (κ3) is 4.20. The van der Waals surface area contributed by atoms with Crippen molar-refractivity contribution in [2.75, 3.05) is 26.7 Å². The van der Waals surface area contributed by atoms with E-state index in [0.717, 1.165) is 19.6 Å². The van der Waals surface area contributed by atoms with Crippen LogP contribution in [-0.2, 0) is 6.54 Å². The van der Waals surface area contributed by atoms with Crippen molar-refractivity contribution in [2.45, 2.75) is 13.5 Å². The smallest absolute Gasteiger partial charge is 0.141 e. The van der Waals surface area contributed by atoms with Gasteiger partial charge in [-0.25, -0.2) is 4.39 Å². The van der Waals surface area contributed by atoms with Gasteiger partial charge in [0.15, 0.2) is 0 Å². The molecule has 1 N–H and O–H groups in total. The van der Waals surface area contributed by atoms with E-state index in [1.54, 1.807) is 12.1 Å². The van der Waals surface area contributed by atoms with Crippen molar-refractivity contribution in [1.82, 2.24) is 10.2 Å². The molecule has 0 aliphatic rings. The molecule has 16 heavy (non-hydrogen) atoms. The summed E-state index contributed by atoms with van der Waals surface area (Å²) in [7, 11) is 2.07. The van der Waals surface area contributed by atoms with Crippen molar-refractivity contribution in [3.63, 3.8) is 0 Å². The molecular weight excluding hydrogens is 271 g/mol. The van der Waals surface area contributed by atoms with Gasteiger partial charge in [-0.15, -0.1) is 0 Å². The molecule has 0 atom stereocenters. The van der Waals surface area contributed by atoms with Gasteiger partial charge in [0.25, 0.3) is 0 Å². The standard InChI is InChI=1S/C12H18BrFN2/c1-3-16(2)8-7-15-9-10-5-4-6-11(13)12(10)14/h4-6,15H,3,7-9H2,1-2H3. The molecule has 0 aromatic heterocycles. The minimum absolute atomic E-state index is 0.168. The Hall–Kier alpha value is -0.450. The minimum atomic E-state index is -0.168. The van der Waals surface area contributed by atoms with Crippen LogP contribution in [0.5, 0.6) is 0 Å². The van der Waals surface area contributed by atoms with E-state index in [4.69, 9.17) is 0 Å². The molecule has 2 nitrogen and oxygen atoms in total. The molecule has 0 heterocycles. The zero-order valence-electron chi connectivity index (χ0n) is 9.76. The number of rotatable bonds is 6. The molecule has 0 bridgehead atoms. The number of hydrogen-bond donors (Lipinski definition) is 1. The van der Waals surface area contributed by atoms with E-state index in [9.17, 15) is 4.39 Å². The van der Waals surface area contributed by atoms with Crippen LogP contribution in [-0.4, -0.2) is 31.6 Å². The molecule has 0 saturated carbocycles. The molecule has 1 aromatic rings. The van der Waals surface area contributed by atoms with Crippen molar-refractivity contribution in [3.05, 3.63) is 34.1 Å². The Morgan fingerprint density at radius 3 is 2.88 bits per heavy atom. The Balaban J connectivity index is 2.35. The average Bonchev–Trinajstić information content (AvgIpc) is 2.29. The molecule has 0 aliphatic heterocycles. The summed E-state index contributed by atoms with van der Waals surface area (Å²) in [6.45, 7) is 5.58. The Labute approximate surface area is 105 Å². The lowest BCUT2D eigenvalue weighted by atomic mass is 10.2. The highest BCUT2D eigenvalue weighted by Gasteiger charge is 2.04. The van der Waals surface area contributed by atoms with Gasteiger partial charge in [-0.2, -0.15) is 0 Å². The fourth-order valence-corrected chi connectivity index (χ4v) is 1.74. The summed E-state index contributed by atoms with van der Waals surface area (Å²) in [6.07, 6.45) is 0. The molecular formula is C12H18BrFN2. The van der Waals surface area contributed by atoms with Gasteiger partial charge in [-0.05, 0) is 35.6 Å². The Kier molecular flexibility index (Phi) is 5.95. The Morgan fingerprint density at radius 2 is 2.19 bits per heavy atom. The number of nitrogens with zero attached hydrogens (tertiary/aromatic N) is 1. The SMILES string of the molecule is CCN(C)CCNCc1cccc(Br)c1F. The van der Waals surface area contributed by atoms with Crippen LogP contribution in [0.2, 0.25) is 0 Å². The highest BCUT2D eigenvalue weighted by atomic mass is 79.9. The summed E-state index contributed by atoms with van der Waals surface area (Å²) < 4.78 is 14.1. The third-order valence-electron chi connectivity index (χ3n) is 2.56. The van der Waals surface area contributed by atoms with Crippen molar-refractivity contribution in [3.8, 4) is 0 Å². The average molecular weight is 289 g/mol. The molecule has 0 amide bonds. The number of halogens is 2. The highest BCUT2D eigenvalue weighted by molar-refractivity contribution is 9.10. The summed E-state index contributed by atoms with van der Waals surface area (Å²) in [5.74, 6) is -0.168. The lowest BCUT2D eigenvalue weighted by molar-refractivity contribution is 0.348. The van der Waals surface area contributed by atoms with E-state index in [1.807, 2.05) is 6.07 Å². The van der Waals surface area contributed by atoms with E-state index in [-0.39, 0.29) is 5.82 Å². The zero-order valence-corrected chi connectivity index (χ0v) is 11.3. The lowest BCUT2D eigenvalue weighted by Gasteiger charge is -2.14. The van der Waals surface area contributed by atoms with Crippen LogP contribution in [0.1, 0.15) is 12.5 Å². The fourth-order valence-electron chi connectivity index (χ4n) is 1.34. The van der Waals surface area contributed by atoms with Crippen molar-refractivity contribution in [2.24, 2.45) is 0 Å². The first-order valence-corrected chi connectivity index (χ1v) is 6.26. The molecule has 1 rings (SSSR count). The lowest BCUT2D eigenvalue weighted by Crippen LogP contribution is -2.28. The van der Waals surface area contributed by atoms with Crippen LogP contribution in [0.15, 0.2) is 22.7 Å². The largest absolute Gasteiger partial charge is 0.311 e. The number of likely N-dealkylation sites (N-methyl/N-ethyl adjacent to an activating group) is 1. The summed E-state index contributed by atoms with van der Waals surface area (Å²) in [4.78, 5) is 2.21. The number of nitrogens with one attached hydrogen (secondary N) is 1. The second-order valence-corrected chi connectivity index (χ2v) is 4.64. The van der Waals surface area contributed by atoms with Crippen molar-refractivity contribution in [1.29, 1.82) is 0 Å². The second-order valence-electron chi connectivity index (χ2n) is 3.79. The van der Waals surface area contributed by atoms with E-state index in [1.165, 1.54) is 0 Å². The van der Waals surface area contributed by atoms with Crippen LogP contribution in [0.3, 0.4) is 0 Å². The molecule has 0 fully saturated rings. The third-order valence-corrected chi connectivity index (χ3v) is 3.17. The summed E-state index contributed by atoms with van der Waals surface area (Å²) in [6, 6.07) is 5.36. The van der Waals surface area contributed by atoms with Crippen molar-refractivity contribution < 1.29 is 4.39 Å². The summed E-state index contributed by atoms with van der Waals surface area (Å²) in [5, 5.41) is 3.23. The van der Waals surface area contributed by atoms with E-state index >= 15 is 0 Å². The molecule has 90 valence electrons. The number of hydrogen-bond acceptors (Lipinski definition) is 2. The van der Waals surface area contributed by atoms with Crippen LogP contribution < -0.4 is 5.32 Å². The Bertz CT molecular complexity index is 331. The van der Waals surface area contributed by atoms with Crippen molar-refractivity contribution >= 4 is 15.9 Å². The van der Waals surface area contributed by atoms with E-state index in [2.05, 4.69) is 40.1 Å². The first-order valence-electron chi connectivity index (χ1n) is 5.47. The molecule has 0 aliphatic carbocycles. The van der Waals surface area contributed by atoms with Gasteiger partial charge in [-0.3, -0.25) is 0 Å². The predicted octanol–water partition coefficient (Wildman–Crippen LogP) is 2.63. The van der Waals surface area contributed by atoms with Crippen LogP contribution in [0.4, 0.5) is 4.39 Å². The quantitative estimate of drug-likeness (QED) is 0.810. The molecule has 0 spiro atoms. The molecule has 0 saturated heterocycles. The van der Waals surface area contributed by atoms with Crippen LogP contribution >= 0.6 is 15.9 Å². The van der Waals surface area contributed by atoms with Gasteiger partial charge in [0.1, 0.15) is 5.82 Å². The molecule has 4 heteroatoms. The summed E-state index contributed by atoms with van der Waals surface area (Å²) in [5.41, 5.74) is 0.702. The monoisotopic (exact) mass is 288 g/mol. The first-order chi connectivity index (χ1) is 7.65. The molecule has 1 aromatic carbocycles. The first kappa shape index (κ1) is 13.6. The van der Waals surface area contributed by atoms with Crippen LogP contribution in [0.25, 0.3) is 0 Å². The van der Waals surface area contributed by atoms with Gasteiger partial charge >= 0.3 is 0 Å².